The molecule has 21 heavy (non-hydrogen) atoms. The largest absolute Gasteiger partial charge is 0.497 e. The number of hydrogen-bond donors (Lipinski definition) is 1. The first-order chi connectivity index (χ1) is 10.2. The third kappa shape index (κ3) is 3.92. The van der Waals surface area contributed by atoms with Crippen LogP contribution in [0.3, 0.4) is 0 Å². The monoisotopic (exact) mass is 299 g/mol. The zero-order valence-electron chi connectivity index (χ0n) is 12.6. The summed E-state index contributed by atoms with van der Waals surface area (Å²) in [6.45, 7) is 3.36. The van der Waals surface area contributed by atoms with Gasteiger partial charge < -0.3 is 14.8 Å². The van der Waals surface area contributed by atoms with E-state index >= 15 is 0 Å². The Morgan fingerprint density at radius 2 is 2.05 bits per heavy atom. The zero-order valence-corrected chi connectivity index (χ0v) is 12.6. The molecular formula is C16H23F2NO2. The summed E-state index contributed by atoms with van der Waals surface area (Å²) in [6.07, 6.45) is 3.54. The van der Waals surface area contributed by atoms with Crippen LogP contribution in [-0.2, 0) is 4.74 Å². The summed E-state index contributed by atoms with van der Waals surface area (Å²) >= 11 is 0. The predicted octanol–water partition coefficient (Wildman–Crippen LogP) is 3.58. The standard InChI is InChI=1S/C16H23F2NO2/c1-3-7-19-16(14-6-4-5-8-21-14)15-12(17)9-11(20-2)10-13(15)18/h9-10,14,16,19H,3-8H2,1-2H3. The lowest BCUT2D eigenvalue weighted by Gasteiger charge is -2.32. The number of methoxy groups -OCH3 is 1. The maximum absolute atomic E-state index is 14.3. The van der Waals surface area contributed by atoms with E-state index < -0.39 is 17.7 Å². The predicted molar refractivity (Wildman–Crippen MR) is 77.5 cm³/mol. The molecule has 0 aromatic heterocycles. The number of benzene rings is 1. The van der Waals surface area contributed by atoms with Crippen molar-refractivity contribution in [3.8, 4) is 5.75 Å². The Morgan fingerprint density at radius 1 is 1.33 bits per heavy atom. The zero-order chi connectivity index (χ0) is 15.2. The molecule has 1 fully saturated rings. The number of hydrogen-bond acceptors (Lipinski definition) is 3. The van der Waals surface area contributed by atoms with Gasteiger partial charge in [0.25, 0.3) is 0 Å². The van der Waals surface area contributed by atoms with Crippen LogP contribution in [0.25, 0.3) is 0 Å². The van der Waals surface area contributed by atoms with Crippen molar-refractivity contribution in [1.82, 2.24) is 5.32 Å². The molecule has 1 aromatic carbocycles. The van der Waals surface area contributed by atoms with Gasteiger partial charge in [-0.3, -0.25) is 0 Å². The Hall–Kier alpha value is -1.20. The minimum atomic E-state index is -0.588. The van der Waals surface area contributed by atoms with E-state index in [-0.39, 0.29) is 17.4 Å². The molecule has 3 nitrogen and oxygen atoms in total. The number of rotatable bonds is 6. The van der Waals surface area contributed by atoms with E-state index in [2.05, 4.69) is 5.32 Å². The smallest absolute Gasteiger partial charge is 0.134 e. The van der Waals surface area contributed by atoms with Crippen molar-refractivity contribution in [3.05, 3.63) is 29.3 Å². The first-order valence-corrected chi connectivity index (χ1v) is 7.55. The summed E-state index contributed by atoms with van der Waals surface area (Å²) in [5, 5.41) is 3.23. The second-order valence-electron chi connectivity index (χ2n) is 5.34. The Bertz CT molecular complexity index is 439. The highest BCUT2D eigenvalue weighted by Crippen LogP contribution is 2.32. The molecule has 0 amide bonds. The third-order valence-electron chi connectivity index (χ3n) is 3.80. The van der Waals surface area contributed by atoms with Gasteiger partial charge in [-0.2, -0.15) is 0 Å². The van der Waals surface area contributed by atoms with Crippen molar-refractivity contribution in [2.24, 2.45) is 0 Å². The van der Waals surface area contributed by atoms with Gasteiger partial charge in [0.1, 0.15) is 17.4 Å². The molecule has 0 spiro atoms. The minimum Gasteiger partial charge on any atom is -0.497 e. The summed E-state index contributed by atoms with van der Waals surface area (Å²) in [7, 11) is 1.39. The van der Waals surface area contributed by atoms with E-state index in [0.717, 1.165) is 25.7 Å². The van der Waals surface area contributed by atoms with Gasteiger partial charge >= 0.3 is 0 Å². The van der Waals surface area contributed by atoms with Gasteiger partial charge in [0.2, 0.25) is 0 Å². The van der Waals surface area contributed by atoms with Gasteiger partial charge in [-0.25, -0.2) is 8.78 Å². The second kappa shape index (κ2) is 7.71. The molecule has 2 unspecified atom stereocenters. The van der Waals surface area contributed by atoms with Crippen molar-refractivity contribution in [3.63, 3.8) is 0 Å². The lowest BCUT2D eigenvalue weighted by Crippen LogP contribution is -2.37. The lowest BCUT2D eigenvalue weighted by atomic mass is 9.94. The molecule has 2 atom stereocenters. The normalized spacial score (nSPS) is 20.3. The molecule has 1 heterocycles. The van der Waals surface area contributed by atoms with Crippen molar-refractivity contribution >= 4 is 0 Å². The van der Waals surface area contributed by atoms with Gasteiger partial charge in [-0.15, -0.1) is 0 Å². The highest BCUT2D eigenvalue weighted by Gasteiger charge is 2.30. The van der Waals surface area contributed by atoms with Gasteiger partial charge in [-0.05, 0) is 32.2 Å². The van der Waals surface area contributed by atoms with E-state index in [1.165, 1.54) is 19.2 Å². The topological polar surface area (TPSA) is 30.5 Å². The fourth-order valence-corrected chi connectivity index (χ4v) is 2.72. The van der Waals surface area contributed by atoms with Crippen LogP contribution in [0.4, 0.5) is 8.78 Å². The molecule has 0 bridgehead atoms. The lowest BCUT2D eigenvalue weighted by molar-refractivity contribution is -0.00964. The highest BCUT2D eigenvalue weighted by atomic mass is 19.1. The van der Waals surface area contributed by atoms with Gasteiger partial charge in [0.05, 0.1) is 19.3 Å². The van der Waals surface area contributed by atoms with E-state index in [0.29, 0.717) is 13.2 Å². The van der Waals surface area contributed by atoms with Crippen LogP contribution >= 0.6 is 0 Å². The van der Waals surface area contributed by atoms with Crippen molar-refractivity contribution in [1.29, 1.82) is 0 Å². The first kappa shape index (κ1) is 16.2. The van der Waals surface area contributed by atoms with Crippen LogP contribution in [0.1, 0.15) is 44.2 Å². The molecule has 118 valence electrons. The molecule has 0 radical (unpaired) electrons. The highest BCUT2D eigenvalue weighted by molar-refractivity contribution is 5.33. The van der Waals surface area contributed by atoms with Crippen LogP contribution < -0.4 is 10.1 Å². The average Bonchev–Trinajstić information content (AvgIpc) is 2.50. The molecule has 1 aliphatic heterocycles. The summed E-state index contributed by atoms with van der Waals surface area (Å²) < 4.78 is 39.3. The van der Waals surface area contributed by atoms with Gasteiger partial charge in [-0.1, -0.05) is 6.92 Å². The fraction of sp³-hybridized carbons (Fsp3) is 0.625. The van der Waals surface area contributed by atoms with Crippen LogP contribution in [0.5, 0.6) is 5.75 Å². The van der Waals surface area contributed by atoms with E-state index in [1.807, 2.05) is 6.92 Å². The van der Waals surface area contributed by atoms with Crippen LogP contribution in [0.15, 0.2) is 12.1 Å². The summed E-state index contributed by atoms with van der Waals surface area (Å²) in [4.78, 5) is 0. The molecular weight excluding hydrogens is 276 g/mol. The summed E-state index contributed by atoms with van der Waals surface area (Å²) in [5.74, 6) is -0.989. The first-order valence-electron chi connectivity index (χ1n) is 7.55. The molecule has 2 rings (SSSR count). The quantitative estimate of drug-likeness (QED) is 0.871. The van der Waals surface area contributed by atoms with Crippen molar-refractivity contribution in [2.75, 3.05) is 20.3 Å². The average molecular weight is 299 g/mol. The summed E-state index contributed by atoms with van der Waals surface area (Å²) in [6, 6.07) is 1.99. The number of halogens is 2. The summed E-state index contributed by atoms with van der Waals surface area (Å²) in [5.41, 5.74) is 0.0520. The van der Waals surface area contributed by atoms with Gasteiger partial charge in [0, 0.05) is 24.3 Å². The van der Waals surface area contributed by atoms with Crippen molar-refractivity contribution < 1.29 is 18.3 Å². The Kier molecular flexibility index (Phi) is 5.94. The van der Waals surface area contributed by atoms with E-state index in [1.54, 1.807) is 0 Å². The number of nitrogens with one attached hydrogen (secondary N) is 1. The second-order valence-corrected chi connectivity index (χ2v) is 5.34. The molecule has 0 saturated carbocycles. The van der Waals surface area contributed by atoms with Crippen molar-refractivity contribution in [2.45, 2.75) is 44.8 Å². The molecule has 1 N–H and O–H groups in total. The minimum absolute atomic E-state index is 0.0520. The fourth-order valence-electron chi connectivity index (χ4n) is 2.72. The molecule has 1 saturated heterocycles. The Balaban J connectivity index is 2.30. The maximum atomic E-state index is 14.3. The molecule has 1 aliphatic rings. The Labute approximate surface area is 124 Å². The maximum Gasteiger partial charge on any atom is 0.134 e. The van der Waals surface area contributed by atoms with Crippen LogP contribution in [0.2, 0.25) is 0 Å². The molecule has 1 aromatic rings. The Morgan fingerprint density at radius 3 is 2.57 bits per heavy atom. The molecule has 5 heteroatoms. The van der Waals surface area contributed by atoms with Gasteiger partial charge in [0.15, 0.2) is 0 Å². The SMILES string of the molecule is CCCNC(c1c(F)cc(OC)cc1F)C1CCCCO1. The van der Waals surface area contributed by atoms with Crippen LogP contribution in [-0.4, -0.2) is 26.4 Å². The number of ether oxygens (including phenoxy) is 2. The van der Waals surface area contributed by atoms with Crippen LogP contribution in [0, 0.1) is 11.6 Å². The molecule has 0 aliphatic carbocycles. The third-order valence-corrected chi connectivity index (χ3v) is 3.80. The van der Waals surface area contributed by atoms with E-state index in [4.69, 9.17) is 9.47 Å². The van der Waals surface area contributed by atoms with E-state index in [9.17, 15) is 8.78 Å².